The summed E-state index contributed by atoms with van der Waals surface area (Å²) in [7, 11) is 0. The molecular weight excluding hydrogens is 261 g/mol. The molecule has 0 saturated carbocycles. The quantitative estimate of drug-likeness (QED) is 0.873. The van der Waals surface area contributed by atoms with Crippen molar-refractivity contribution in [1.82, 2.24) is 15.0 Å². The molecule has 6 nitrogen and oxygen atoms in total. The molecule has 7 heteroatoms. The zero-order valence-electron chi connectivity index (χ0n) is 11.0. The van der Waals surface area contributed by atoms with E-state index in [9.17, 15) is 9.18 Å². The molecule has 1 saturated heterocycles. The molecule has 3 rings (SSSR count). The van der Waals surface area contributed by atoms with Crippen LogP contribution in [0.2, 0.25) is 0 Å². The fourth-order valence-corrected chi connectivity index (χ4v) is 2.47. The Bertz CT molecular complexity index is 692. The van der Waals surface area contributed by atoms with Crippen molar-refractivity contribution in [2.45, 2.75) is 19.0 Å². The molecule has 20 heavy (non-hydrogen) atoms. The highest BCUT2D eigenvalue weighted by molar-refractivity contribution is 5.90. The number of hydrogen-bond donors (Lipinski definition) is 1. The summed E-state index contributed by atoms with van der Waals surface area (Å²) in [6.45, 7) is 2.09. The molecule has 0 radical (unpaired) electrons. The number of pyridine rings is 1. The molecule has 1 aliphatic heterocycles. The standard InChI is InChI=1S/C13H14FN5O/c1-8-17-10-6-16-4-2-9(10)11(18-8)19-5-3-13(14,7-19)12(15)20/h2,4,6H,3,5,7H2,1H3,(H2,15,20). The Morgan fingerprint density at radius 3 is 3.00 bits per heavy atom. The van der Waals surface area contributed by atoms with E-state index in [2.05, 4.69) is 15.0 Å². The summed E-state index contributed by atoms with van der Waals surface area (Å²) in [5.74, 6) is 0.281. The molecule has 1 fully saturated rings. The zero-order valence-corrected chi connectivity index (χ0v) is 11.0. The van der Waals surface area contributed by atoms with Crippen molar-refractivity contribution in [3.05, 3.63) is 24.3 Å². The number of carbonyl (C=O) groups excluding carboxylic acids is 1. The van der Waals surface area contributed by atoms with Crippen LogP contribution < -0.4 is 10.6 Å². The topological polar surface area (TPSA) is 85.0 Å². The predicted octanol–water partition coefficient (Wildman–Crippen LogP) is 0.737. The average Bonchev–Trinajstić information content (AvgIpc) is 2.82. The number of aryl methyl sites for hydroxylation is 1. The number of halogens is 1. The van der Waals surface area contributed by atoms with Gasteiger partial charge in [-0.15, -0.1) is 0 Å². The van der Waals surface area contributed by atoms with Crippen molar-refractivity contribution >= 4 is 22.6 Å². The van der Waals surface area contributed by atoms with Crippen molar-refractivity contribution in [3.8, 4) is 0 Å². The summed E-state index contributed by atoms with van der Waals surface area (Å²) in [5.41, 5.74) is 3.84. The van der Waals surface area contributed by atoms with E-state index in [0.29, 0.717) is 23.7 Å². The van der Waals surface area contributed by atoms with Crippen molar-refractivity contribution in [1.29, 1.82) is 0 Å². The van der Waals surface area contributed by atoms with E-state index in [-0.39, 0.29) is 13.0 Å². The Hall–Kier alpha value is -2.31. The third-order valence-electron chi connectivity index (χ3n) is 3.55. The molecule has 104 valence electrons. The maximum Gasteiger partial charge on any atom is 0.257 e. The normalized spacial score (nSPS) is 22.4. The lowest BCUT2D eigenvalue weighted by molar-refractivity contribution is -0.128. The van der Waals surface area contributed by atoms with Gasteiger partial charge in [0, 0.05) is 24.5 Å². The number of fused-ring (bicyclic) bond motifs is 1. The minimum Gasteiger partial charge on any atom is -0.367 e. The fourth-order valence-electron chi connectivity index (χ4n) is 2.47. The summed E-state index contributed by atoms with van der Waals surface area (Å²) >= 11 is 0. The van der Waals surface area contributed by atoms with Crippen molar-refractivity contribution in [2.75, 3.05) is 18.0 Å². The summed E-state index contributed by atoms with van der Waals surface area (Å²) in [6, 6.07) is 1.78. The van der Waals surface area contributed by atoms with Gasteiger partial charge < -0.3 is 10.6 Å². The van der Waals surface area contributed by atoms with Gasteiger partial charge in [-0.05, 0) is 13.0 Å². The molecule has 1 aliphatic rings. The minimum absolute atomic E-state index is 0.0732. The number of anilines is 1. The highest BCUT2D eigenvalue weighted by atomic mass is 19.1. The maximum absolute atomic E-state index is 14.3. The highest BCUT2D eigenvalue weighted by Crippen LogP contribution is 2.32. The van der Waals surface area contributed by atoms with Crippen LogP contribution in [0.5, 0.6) is 0 Å². The molecule has 0 bridgehead atoms. The van der Waals surface area contributed by atoms with Gasteiger partial charge in [-0.25, -0.2) is 14.4 Å². The lowest BCUT2D eigenvalue weighted by Gasteiger charge is -2.20. The van der Waals surface area contributed by atoms with Gasteiger partial charge in [-0.3, -0.25) is 9.78 Å². The van der Waals surface area contributed by atoms with Crippen LogP contribution in [0.1, 0.15) is 12.2 Å². The summed E-state index contributed by atoms with van der Waals surface area (Å²) in [4.78, 5) is 25.6. The Morgan fingerprint density at radius 1 is 1.50 bits per heavy atom. The van der Waals surface area contributed by atoms with Gasteiger partial charge in [0.1, 0.15) is 11.6 Å². The lowest BCUT2D eigenvalue weighted by atomic mass is 10.1. The fraction of sp³-hybridized carbons (Fsp3) is 0.385. The van der Waals surface area contributed by atoms with Crippen molar-refractivity contribution in [3.63, 3.8) is 0 Å². The predicted molar refractivity (Wildman–Crippen MR) is 71.9 cm³/mol. The van der Waals surface area contributed by atoms with Crippen LogP contribution in [0.15, 0.2) is 18.5 Å². The Labute approximate surface area is 114 Å². The lowest BCUT2D eigenvalue weighted by Crippen LogP contribution is -2.42. The molecule has 1 unspecified atom stereocenters. The Kier molecular flexibility index (Phi) is 2.77. The molecule has 2 aromatic rings. The first-order valence-corrected chi connectivity index (χ1v) is 6.32. The van der Waals surface area contributed by atoms with Crippen LogP contribution >= 0.6 is 0 Å². The van der Waals surface area contributed by atoms with E-state index >= 15 is 0 Å². The molecule has 0 aromatic carbocycles. The average molecular weight is 275 g/mol. The summed E-state index contributed by atoms with van der Waals surface area (Å²) in [6.07, 6.45) is 3.36. The molecule has 0 aliphatic carbocycles. The Balaban J connectivity index is 2.05. The highest BCUT2D eigenvalue weighted by Gasteiger charge is 2.44. The number of carbonyl (C=O) groups is 1. The van der Waals surface area contributed by atoms with Crippen LogP contribution in [0.3, 0.4) is 0 Å². The number of rotatable bonds is 2. The second-order valence-electron chi connectivity index (χ2n) is 4.99. The molecule has 1 atom stereocenters. The smallest absolute Gasteiger partial charge is 0.257 e. The molecule has 2 aromatic heterocycles. The minimum atomic E-state index is -1.99. The van der Waals surface area contributed by atoms with E-state index in [1.807, 2.05) is 0 Å². The van der Waals surface area contributed by atoms with Crippen LogP contribution in [0, 0.1) is 6.92 Å². The monoisotopic (exact) mass is 275 g/mol. The van der Waals surface area contributed by atoms with Crippen LogP contribution in [0.4, 0.5) is 10.2 Å². The third-order valence-corrected chi connectivity index (χ3v) is 3.55. The molecular formula is C13H14FN5O. The van der Waals surface area contributed by atoms with Gasteiger partial charge >= 0.3 is 0 Å². The second kappa shape index (κ2) is 4.36. The van der Waals surface area contributed by atoms with Gasteiger partial charge in [-0.2, -0.15) is 0 Å². The number of alkyl halides is 1. The number of aromatic nitrogens is 3. The van der Waals surface area contributed by atoms with Crippen LogP contribution in [-0.2, 0) is 4.79 Å². The number of nitrogens with zero attached hydrogens (tertiary/aromatic N) is 4. The van der Waals surface area contributed by atoms with Gasteiger partial charge in [0.25, 0.3) is 5.91 Å². The molecule has 1 amide bonds. The largest absolute Gasteiger partial charge is 0.367 e. The van der Waals surface area contributed by atoms with Gasteiger partial charge in [0.15, 0.2) is 0 Å². The van der Waals surface area contributed by atoms with Crippen LogP contribution in [-0.4, -0.2) is 39.6 Å². The van der Waals surface area contributed by atoms with E-state index in [1.165, 1.54) is 0 Å². The molecule has 0 spiro atoms. The first-order valence-electron chi connectivity index (χ1n) is 6.32. The van der Waals surface area contributed by atoms with Crippen molar-refractivity contribution < 1.29 is 9.18 Å². The SMILES string of the molecule is Cc1nc(N2CCC(F)(C(N)=O)C2)c2ccncc2n1. The Morgan fingerprint density at radius 2 is 2.30 bits per heavy atom. The first kappa shape index (κ1) is 12.7. The molecule has 2 N–H and O–H groups in total. The number of primary amides is 1. The molecule has 3 heterocycles. The number of hydrogen-bond acceptors (Lipinski definition) is 5. The van der Waals surface area contributed by atoms with E-state index < -0.39 is 11.6 Å². The number of nitrogens with two attached hydrogens (primary N) is 1. The maximum atomic E-state index is 14.3. The first-order chi connectivity index (χ1) is 9.49. The zero-order chi connectivity index (χ0) is 14.3. The van der Waals surface area contributed by atoms with Gasteiger partial charge in [0.2, 0.25) is 5.67 Å². The van der Waals surface area contributed by atoms with E-state index in [1.54, 1.807) is 30.3 Å². The van der Waals surface area contributed by atoms with Gasteiger partial charge in [-0.1, -0.05) is 0 Å². The van der Waals surface area contributed by atoms with E-state index in [0.717, 1.165) is 5.39 Å². The second-order valence-corrected chi connectivity index (χ2v) is 4.99. The van der Waals surface area contributed by atoms with Crippen LogP contribution in [0.25, 0.3) is 10.9 Å². The summed E-state index contributed by atoms with van der Waals surface area (Å²) < 4.78 is 14.3. The van der Waals surface area contributed by atoms with Gasteiger partial charge in [0.05, 0.1) is 18.3 Å². The van der Waals surface area contributed by atoms with E-state index in [4.69, 9.17) is 5.73 Å². The summed E-state index contributed by atoms with van der Waals surface area (Å²) in [5, 5.41) is 0.791. The van der Waals surface area contributed by atoms with Crippen molar-refractivity contribution in [2.24, 2.45) is 5.73 Å². The third kappa shape index (κ3) is 1.95. The number of amides is 1.